The molecule has 2 aromatic rings. The number of carbonyl (C=O) groups excluding carboxylic acids is 1. The Balaban J connectivity index is 1.96. The van der Waals surface area contributed by atoms with E-state index in [1.165, 1.54) is 0 Å². The number of amides is 1. The molecule has 112 valence electrons. The van der Waals surface area contributed by atoms with Crippen LogP contribution in [0.3, 0.4) is 0 Å². The molecule has 2 rings (SSSR count). The third-order valence-electron chi connectivity index (χ3n) is 2.70. The summed E-state index contributed by atoms with van der Waals surface area (Å²) in [6.07, 6.45) is -0.510. The van der Waals surface area contributed by atoms with Crippen LogP contribution >= 0.6 is 24.0 Å². The summed E-state index contributed by atoms with van der Waals surface area (Å²) in [5.74, 6) is 0. The van der Waals surface area contributed by atoms with Gasteiger partial charge in [-0.25, -0.2) is 4.79 Å². The second-order valence-electron chi connectivity index (χ2n) is 4.29. The molecular weight excluding hydrogens is 306 g/mol. The number of thiol groups is 1. The fraction of sp³-hybridized carbons (Fsp3) is 0.214. The number of hydrogen-bond acceptors (Lipinski definition) is 6. The van der Waals surface area contributed by atoms with E-state index in [0.29, 0.717) is 24.5 Å². The van der Waals surface area contributed by atoms with E-state index in [9.17, 15) is 4.79 Å². The van der Waals surface area contributed by atoms with Gasteiger partial charge in [0.15, 0.2) is 0 Å². The Hall–Kier alpha value is -1.86. The lowest BCUT2D eigenvalue weighted by Gasteiger charge is -2.11. The van der Waals surface area contributed by atoms with E-state index in [0.717, 1.165) is 15.5 Å². The van der Waals surface area contributed by atoms with Gasteiger partial charge in [0, 0.05) is 12.2 Å². The van der Waals surface area contributed by atoms with Crippen molar-refractivity contribution in [3.8, 4) is 0 Å². The minimum Gasteiger partial charge on any atom is -0.450 e. The molecule has 0 radical (unpaired) electrons. The maximum absolute atomic E-state index is 11.4. The molecule has 0 saturated heterocycles. The summed E-state index contributed by atoms with van der Waals surface area (Å²) in [6.45, 7) is 2.76. The quantitative estimate of drug-likeness (QED) is 0.499. The molecule has 0 bridgehead atoms. The molecule has 4 N–H and O–H groups in total. The Morgan fingerprint density at radius 1 is 1.43 bits per heavy atom. The minimum atomic E-state index is -0.510. The van der Waals surface area contributed by atoms with Gasteiger partial charge in [-0.05, 0) is 42.1 Å². The van der Waals surface area contributed by atoms with Crippen LogP contribution in [-0.4, -0.2) is 12.7 Å². The third-order valence-corrected chi connectivity index (χ3v) is 3.93. The van der Waals surface area contributed by atoms with Gasteiger partial charge in [0.25, 0.3) is 0 Å². The average Bonchev–Trinajstić information content (AvgIpc) is 2.85. The summed E-state index contributed by atoms with van der Waals surface area (Å²) in [5, 5.41) is 7.91. The van der Waals surface area contributed by atoms with Gasteiger partial charge in [-0.3, -0.25) is 5.32 Å². The number of hydrogen-bond donors (Lipinski definition) is 4. The highest BCUT2D eigenvalue weighted by molar-refractivity contribution is 7.82. The van der Waals surface area contributed by atoms with E-state index in [1.54, 1.807) is 30.4 Å². The topological polar surface area (TPSA) is 76.4 Å². The van der Waals surface area contributed by atoms with Gasteiger partial charge in [-0.15, -0.1) is 24.0 Å². The zero-order chi connectivity index (χ0) is 15.2. The molecule has 1 heterocycles. The first kappa shape index (κ1) is 15.5. The molecule has 5 nitrogen and oxygen atoms in total. The molecular formula is C14H17N3O2S2. The van der Waals surface area contributed by atoms with Gasteiger partial charge >= 0.3 is 6.09 Å². The number of benzene rings is 1. The van der Waals surface area contributed by atoms with E-state index < -0.39 is 6.09 Å². The van der Waals surface area contributed by atoms with Gasteiger partial charge in [0.1, 0.15) is 0 Å². The SMILES string of the molecule is CCOC(=O)Nc1ccc(NCc2csc(S)c2)cc1N. The van der Waals surface area contributed by atoms with Gasteiger partial charge < -0.3 is 15.8 Å². The Bertz CT molecular complexity index is 628. The van der Waals surface area contributed by atoms with E-state index in [-0.39, 0.29) is 0 Å². The smallest absolute Gasteiger partial charge is 0.411 e. The first-order chi connectivity index (χ1) is 10.1. The Labute approximate surface area is 132 Å². The van der Waals surface area contributed by atoms with Crippen LogP contribution < -0.4 is 16.4 Å². The monoisotopic (exact) mass is 323 g/mol. The predicted molar refractivity (Wildman–Crippen MR) is 90.4 cm³/mol. The fourth-order valence-corrected chi connectivity index (χ4v) is 2.69. The van der Waals surface area contributed by atoms with Crippen molar-refractivity contribution in [1.29, 1.82) is 0 Å². The molecule has 7 heteroatoms. The molecule has 0 aliphatic carbocycles. The first-order valence-corrected chi connectivity index (χ1v) is 7.74. The predicted octanol–water partition coefficient (Wildman–Crippen LogP) is 3.80. The molecule has 1 aromatic heterocycles. The van der Waals surface area contributed by atoms with E-state index in [4.69, 9.17) is 10.5 Å². The molecule has 0 atom stereocenters. The van der Waals surface area contributed by atoms with Crippen LogP contribution in [-0.2, 0) is 11.3 Å². The van der Waals surface area contributed by atoms with E-state index in [1.807, 2.05) is 12.1 Å². The van der Waals surface area contributed by atoms with Crippen molar-refractivity contribution < 1.29 is 9.53 Å². The summed E-state index contributed by atoms with van der Waals surface area (Å²) in [6, 6.07) is 7.38. The van der Waals surface area contributed by atoms with Gasteiger partial charge in [-0.1, -0.05) is 0 Å². The zero-order valence-electron chi connectivity index (χ0n) is 11.6. The van der Waals surface area contributed by atoms with Crippen LogP contribution in [0.4, 0.5) is 21.9 Å². The Morgan fingerprint density at radius 3 is 2.86 bits per heavy atom. The maximum atomic E-state index is 11.4. The molecule has 21 heavy (non-hydrogen) atoms. The zero-order valence-corrected chi connectivity index (χ0v) is 13.3. The number of thiophene rings is 1. The molecule has 0 unspecified atom stereocenters. The number of nitrogens with two attached hydrogens (primary N) is 1. The number of anilines is 3. The molecule has 0 aliphatic rings. The Morgan fingerprint density at radius 2 is 2.24 bits per heavy atom. The fourth-order valence-electron chi connectivity index (χ4n) is 1.72. The van der Waals surface area contributed by atoms with Crippen LogP contribution in [0.1, 0.15) is 12.5 Å². The summed E-state index contributed by atoms with van der Waals surface area (Å²) in [5.41, 5.74) is 8.98. The number of rotatable bonds is 5. The van der Waals surface area contributed by atoms with Crippen LogP contribution in [0.2, 0.25) is 0 Å². The number of carbonyl (C=O) groups is 1. The largest absolute Gasteiger partial charge is 0.450 e. The summed E-state index contributed by atoms with van der Waals surface area (Å²) < 4.78 is 5.80. The van der Waals surface area contributed by atoms with Gasteiger partial charge in [-0.2, -0.15) is 0 Å². The molecule has 1 amide bonds. The molecule has 0 spiro atoms. The number of nitrogen functional groups attached to an aromatic ring is 1. The number of ether oxygens (including phenoxy) is 1. The second kappa shape index (κ2) is 7.24. The summed E-state index contributed by atoms with van der Waals surface area (Å²) in [7, 11) is 0. The molecule has 1 aromatic carbocycles. The number of nitrogens with one attached hydrogen (secondary N) is 2. The van der Waals surface area contributed by atoms with Crippen molar-refractivity contribution in [2.75, 3.05) is 23.0 Å². The molecule has 0 fully saturated rings. The van der Waals surface area contributed by atoms with Gasteiger partial charge in [0.2, 0.25) is 0 Å². The van der Waals surface area contributed by atoms with Gasteiger partial charge in [0.05, 0.1) is 22.2 Å². The lowest BCUT2D eigenvalue weighted by molar-refractivity contribution is 0.168. The highest BCUT2D eigenvalue weighted by atomic mass is 32.2. The van der Waals surface area contributed by atoms with Crippen molar-refractivity contribution in [3.05, 3.63) is 35.2 Å². The minimum absolute atomic E-state index is 0.319. The van der Waals surface area contributed by atoms with Crippen molar-refractivity contribution in [2.24, 2.45) is 0 Å². The second-order valence-corrected chi connectivity index (χ2v) is 5.99. The van der Waals surface area contributed by atoms with Crippen molar-refractivity contribution >= 4 is 47.1 Å². The van der Waals surface area contributed by atoms with Crippen LogP contribution in [0.25, 0.3) is 0 Å². The highest BCUT2D eigenvalue weighted by Crippen LogP contribution is 2.24. The standard InChI is InChI=1S/C14H17N3O2S2/c1-2-19-14(18)17-12-4-3-10(6-11(12)15)16-7-9-5-13(20)21-8-9/h3-6,8,16,20H,2,7,15H2,1H3,(H,17,18). The van der Waals surface area contributed by atoms with E-state index >= 15 is 0 Å². The van der Waals surface area contributed by atoms with Crippen LogP contribution in [0.15, 0.2) is 33.9 Å². The van der Waals surface area contributed by atoms with E-state index in [2.05, 4.69) is 28.6 Å². The lowest BCUT2D eigenvalue weighted by Crippen LogP contribution is -2.14. The molecule has 0 aliphatic heterocycles. The van der Waals surface area contributed by atoms with Crippen molar-refractivity contribution in [2.45, 2.75) is 17.7 Å². The third kappa shape index (κ3) is 4.57. The maximum Gasteiger partial charge on any atom is 0.411 e. The van der Waals surface area contributed by atoms with Crippen LogP contribution in [0, 0.1) is 0 Å². The van der Waals surface area contributed by atoms with Crippen molar-refractivity contribution in [3.63, 3.8) is 0 Å². The highest BCUT2D eigenvalue weighted by Gasteiger charge is 2.06. The lowest BCUT2D eigenvalue weighted by atomic mass is 10.2. The summed E-state index contributed by atoms with van der Waals surface area (Å²) >= 11 is 5.88. The average molecular weight is 323 g/mol. The molecule has 0 saturated carbocycles. The first-order valence-electron chi connectivity index (χ1n) is 6.42. The van der Waals surface area contributed by atoms with Crippen molar-refractivity contribution in [1.82, 2.24) is 0 Å². The summed E-state index contributed by atoms with van der Waals surface area (Å²) in [4.78, 5) is 11.4. The Kier molecular flexibility index (Phi) is 5.35. The van der Waals surface area contributed by atoms with Crippen LogP contribution in [0.5, 0.6) is 0 Å². The normalized spacial score (nSPS) is 10.2.